The highest BCUT2D eigenvalue weighted by atomic mass is 32.1. The fraction of sp³-hybridized carbons (Fsp3) is 0.727. The van der Waals surface area contributed by atoms with Crippen LogP contribution in [0.4, 0.5) is 5.82 Å². The first-order valence-electron chi connectivity index (χ1n) is 10.7. The van der Waals surface area contributed by atoms with E-state index in [1.807, 2.05) is 18.3 Å². The number of nitrogens with one attached hydrogen (secondary N) is 1. The SMILES string of the molecule is Cc1nc(NCCC23CC4CC(CC(C4)C2)C3)c2c3c(sc2n1)CCC3. The van der Waals surface area contributed by atoms with Crippen molar-refractivity contribution in [2.75, 3.05) is 11.9 Å². The minimum absolute atomic E-state index is 0.652. The summed E-state index contributed by atoms with van der Waals surface area (Å²) in [5.41, 5.74) is 2.20. The highest BCUT2D eigenvalue weighted by Gasteiger charge is 2.50. The molecule has 4 fully saturated rings. The summed E-state index contributed by atoms with van der Waals surface area (Å²) in [5, 5.41) is 5.12. The molecular formula is C22H29N3S. The molecule has 7 rings (SSSR count). The van der Waals surface area contributed by atoms with Crippen LogP contribution in [0, 0.1) is 30.1 Å². The Morgan fingerprint density at radius 3 is 2.50 bits per heavy atom. The Morgan fingerprint density at radius 2 is 1.77 bits per heavy atom. The molecule has 5 aliphatic carbocycles. The van der Waals surface area contributed by atoms with E-state index in [4.69, 9.17) is 9.97 Å². The van der Waals surface area contributed by atoms with E-state index in [1.165, 1.54) is 55.2 Å². The van der Waals surface area contributed by atoms with Crippen LogP contribution >= 0.6 is 11.3 Å². The van der Waals surface area contributed by atoms with Gasteiger partial charge >= 0.3 is 0 Å². The van der Waals surface area contributed by atoms with Gasteiger partial charge in [0.2, 0.25) is 0 Å². The summed E-state index contributed by atoms with van der Waals surface area (Å²) in [6, 6.07) is 0. The Balaban J connectivity index is 1.24. The van der Waals surface area contributed by atoms with Crippen molar-refractivity contribution < 1.29 is 0 Å². The van der Waals surface area contributed by atoms with Gasteiger partial charge in [0, 0.05) is 11.4 Å². The van der Waals surface area contributed by atoms with E-state index in [2.05, 4.69) is 5.32 Å². The smallest absolute Gasteiger partial charge is 0.138 e. The Morgan fingerprint density at radius 1 is 1.04 bits per heavy atom. The van der Waals surface area contributed by atoms with E-state index in [0.717, 1.165) is 35.9 Å². The molecule has 2 aromatic rings. The number of rotatable bonds is 4. The lowest BCUT2D eigenvalue weighted by molar-refractivity contribution is -0.0552. The zero-order chi connectivity index (χ0) is 17.3. The molecular weight excluding hydrogens is 338 g/mol. The van der Waals surface area contributed by atoms with E-state index in [0.29, 0.717) is 5.41 Å². The van der Waals surface area contributed by atoms with Gasteiger partial charge in [-0.15, -0.1) is 11.3 Å². The molecule has 1 N–H and O–H groups in total. The minimum atomic E-state index is 0.652. The fourth-order valence-corrected chi connectivity index (χ4v) is 8.58. The van der Waals surface area contributed by atoms with Crippen molar-refractivity contribution in [3.8, 4) is 0 Å². The predicted octanol–water partition coefficient (Wildman–Crippen LogP) is 5.51. The van der Waals surface area contributed by atoms with Crippen LogP contribution in [-0.4, -0.2) is 16.5 Å². The number of aryl methyl sites for hydroxylation is 3. The van der Waals surface area contributed by atoms with Crippen LogP contribution in [0.25, 0.3) is 10.2 Å². The van der Waals surface area contributed by atoms with E-state index in [9.17, 15) is 0 Å². The zero-order valence-electron chi connectivity index (χ0n) is 15.8. The lowest BCUT2D eigenvalue weighted by Gasteiger charge is -2.57. The van der Waals surface area contributed by atoms with Gasteiger partial charge in [-0.1, -0.05) is 0 Å². The molecule has 26 heavy (non-hydrogen) atoms. The number of anilines is 1. The Bertz CT molecular complexity index is 833. The molecule has 0 unspecified atom stereocenters. The van der Waals surface area contributed by atoms with E-state index >= 15 is 0 Å². The van der Waals surface area contributed by atoms with Crippen molar-refractivity contribution in [3.05, 3.63) is 16.3 Å². The van der Waals surface area contributed by atoms with Crippen molar-refractivity contribution in [1.29, 1.82) is 0 Å². The van der Waals surface area contributed by atoms with Gasteiger partial charge in [-0.05, 0) is 99.9 Å². The third-order valence-electron chi connectivity index (χ3n) is 7.79. The maximum absolute atomic E-state index is 4.82. The summed E-state index contributed by atoms with van der Waals surface area (Å²) in [6.07, 6.45) is 14.2. The topological polar surface area (TPSA) is 37.8 Å². The quantitative estimate of drug-likeness (QED) is 0.774. The second kappa shape index (κ2) is 5.67. The van der Waals surface area contributed by atoms with Gasteiger partial charge in [-0.25, -0.2) is 9.97 Å². The average Bonchev–Trinajstić information content (AvgIpc) is 3.13. The third-order valence-corrected chi connectivity index (χ3v) is 8.98. The second-order valence-electron chi connectivity index (χ2n) is 9.75. The van der Waals surface area contributed by atoms with Crippen LogP contribution in [-0.2, 0) is 12.8 Å². The average molecular weight is 368 g/mol. The Hall–Kier alpha value is -1.16. The van der Waals surface area contributed by atoms with Crippen LogP contribution in [0.15, 0.2) is 0 Å². The maximum Gasteiger partial charge on any atom is 0.138 e. The molecule has 0 saturated heterocycles. The van der Waals surface area contributed by atoms with Gasteiger partial charge in [0.05, 0.1) is 5.39 Å². The van der Waals surface area contributed by atoms with Crippen molar-refractivity contribution in [2.45, 2.75) is 71.1 Å². The molecule has 4 heteroatoms. The second-order valence-corrected chi connectivity index (χ2v) is 10.8. The molecule has 0 aromatic carbocycles. The normalized spacial score (nSPS) is 34.6. The summed E-state index contributed by atoms with van der Waals surface area (Å²) in [5.74, 6) is 5.18. The van der Waals surface area contributed by atoms with Gasteiger partial charge in [-0.3, -0.25) is 0 Å². The predicted molar refractivity (Wildman–Crippen MR) is 108 cm³/mol. The summed E-state index contributed by atoms with van der Waals surface area (Å²) in [7, 11) is 0. The maximum atomic E-state index is 4.82. The molecule has 2 aromatic heterocycles. The van der Waals surface area contributed by atoms with Crippen LogP contribution in [0.2, 0.25) is 0 Å². The fourth-order valence-electron chi connectivity index (χ4n) is 7.27. The first kappa shape index (κ1) is 15.9. The van der Waals surface area contributed by atoms with Gasteiger partial charge in [-0.2, -0.15) is 0 Å². The monoisotopic (exact) mass is 367 g/mol. The van der Waals surface area contributed by atoms with Crippen LogP contribution in [0.3, 0.4) is 0 Å². The minimum Gasteiger partial charge on any atom is -0.369 e. The van der Waals surface area contributed by atoms with Crippen molar-refractivity contribution in [1.82, 2.24) is 9.97 Å². The van der Waals surface area contributed by atoms with Gasteiger partial charge in [0.1, 0.15) is 16.5 Å². The lowest BCUT2D eigenvalue weighted by Crippen LogP contribution is -2.46. The summed E-state index contributed by atoms with van der Waals surface area (Å²) in [6.45, 7) is 3.12. The molecule has 138 valence electrons. The van der Waals surface area contributed by atoms with Crippen molar-refractivity contribution >= 4 is 27.4 Å². The largest absolute Gasteiger partial charge is 0.369 e. The summed E-state index contributed by atoms with van der Waals surface area (Å²) < 4.78 is 0. The molecule has 2 heterocycles. The first-order valence-corrected chi connectivity index (χ1v) is 11.5. The molecule has 5 aliphatic rings. The standard InChI is InChI=1S/C22H29N3S/c1-13-24-20(19-17-3-2-4-18(17)26-21(19)25-13)23-6-5-22-10-14-7-15(11-22)9-16(8-14)12-22/h14-16H,2-12H2,1H3,(H,23,24,25). The number of hydrogen-bond acceptors (Lipinski definition) is 4. The highest BCUT2D eigenvalue weighted by Crippen LogP contribution is 2.61. The molecule has 0 amide bonds. The lowest BCUT2D eigenvalue weighted by atomic mass is 9.49. The molecule has 4 bridgehead atoms. The van der Waals surface area contributed by atoms with Gasteiger partial charge in [0.15, 0.2) is 0 Å². The Kier molecular flexibility index (Phi) is 3.46. The van der Waals surface area contributed by atoms with E-state index in [1.54, 1.807) is 29.7 Å². The van der Waals surface area contributed by atoms with Crippen LogP contribution in [0.5, 0.6) is 0 Å². The number of nitrogens with zero attached hydrogens (tertiary/aromatic N) is 2. The summed E-state index contributed by atoms with van der Waals surface area (Å²) in [4.78, 5) is 12.3. The number of aromatic nitrogens is 2. The van der Waals surface area contributed by atoms with Crippen LogP contribution < -0.4 is 5.32 Å². The molecule has 0 radical (unpaired) electrons. The van der Waals surface area contributed by atoms with Crippen molar-refractivity contribution in [2.24, 2.45) is 23.2 Å². The zero-order valence-corrected chi connectivity index (χ0v) is 16.6. The van der Waals surface area contributed by atoms with E-state index < -0.39 is 0 Å². The number of thiophene rings is 1. The van der Waals surface area contributed by atoms with Crippen LogP contribution in [0.1, 0.15) is 67.6 Å². The number of hydrogen-bond donors (Lipinski definition) is 1. The van der Waals surface area contributed by atoms with Gasteiger partial charge in [0.25, 0.3) is 0 Å². The molecule has 4 saturated carbocycles. The van der Waals surface area contributed by atoms with E-state index in [-0.39, 0.29) is 0 Å². The Labute approximate surface area is 160 Å². The number of fused-ring (bicyclic) bond motifs is 3. The molecule has 0 atom stereocenters. The third kappa shape index (κ3) is 2.44. The van der Waals surface area contributed by atoms with Gasteiger partial charge < -0.3 is 5.32 Å². The molecule has 0 aliphatic heterocycles. The molecule has 0 spiro atoms. The summed E-state index contributed by atoms with van der Waals surface area (Å²) >= 11 is 1.90. The van der Waals surface area contributed by atoms with Crippen molar-refractivity contribution in [3.63, 3.8) is 0 Å². The first-order chi connectivity index (χ1) is 12.7. The molecule has 3 nitrogen and oxygen atoms in total. The highest BCUT2D eigenvalue weighted by molar-refractivity contribution is 7.19.